The van der Waals surface area contributed by atoms with Crippen LogP contribution in [0, 0.1) is 5.82 Å². The Morgan fingerprint density at radius 3 is 2.59 bits per heavy atom. The molecular weight excluding hydrogens is 273 g/mol. The van der Waals surface area contributed by atoms with Gasteiger partial charge in [0.25, 0.3) is 0 Å². The Morgan fingerprint density at radius 2 is 2.12 bits per heavy atom. The predicted molar refractivity (Wildman–Crippen MR) is 59.1 cm³/mol. The van der Waals surface area contributed by atoms with Crippen molar-refractivity contribution in [2.24, 2.45) is 5.73 Å². The maximum atomic E-state index is 12.8. The molecule has 8 heteroatoms. The molecule has 1 aromatic rings. The van der Waals surface area contributed by atoms with Gasteiger partial charge < -0.3 is 10.8 Å². The summed E-state index contributed by atoms with van der Waals surface area (Å²) >= 11 is 5.43. The van der Waals surface area contributed by atoms with E-state index >= 15 is 0 Å². The minimum absolute atomic E-state index is 0.263. The number of carbonyl (C=O) groups is 1. The first-order chi connectivity index (χ1) is 7.74. The normalized spacial score (nSPS) is 13.4. The van der Waals surface area contributed by atoms with Crippen molar-refractivity contribution in [3.63, 3.8) is 0 Å². The number of nitrogens with two attached hydrogens (primary N) is 1. The summed E-state index contributed by atoms with van der Waals surface area (Å²) < 4.78 is 36.2. The lowest BCUT2D eigenvalue weighted by Gasteiger charge is -2.08. The van der Waals surface area contributed by atoms with Gasteiger partial charge in [-0.2, -0.15) is 0 Å². The third-order valence-corrected chi connectivity index (χ3v) is 4.03. The molecule has 0 saturated heterocycles. The van der Waals surface area contributed by atoms with Gasteiger partial charge in [0.1, 0.15) is 11.9 Å². The molecule has 0 amide bonds. The van der Waals surface area contributed by atoms with E-state index in [0.717, 1.165) is 18.2 Å². The Hall–Kier alpha value is -1.18. The summed E-state index contributed by atoms with van der Waals surface area (Å²) in [7, 11) is -3.90. The van der Waals surface area contributed by atoms with Gasteiger partial charge in [0, 0.05) is 0 Å². The standard InChI is InChI=1S/C9H9ClFNO4S/c10-6-3-5(1-2-7(6)11)17(15,16)4-8(12)9(13)14/h1-3,8H,4,12H2,(H,13,14). The second-order valence-corrected chi connectivity index (χ2v) is 5.74. The number of hydrogen-bond donors (Lipinski definition) is 2. The smallest absolute Gasteiger partial charge is 0.321 e. The van der Waals surface area contributed by atoms with Crippen LogP contribution in [0.15, 0.2) is 23.1 Å². The number of carboxylic acid groups (broad SMARTS) is 1. The molecule has 3 N–H and O–H groups in total. The third kappa shape index (κ3) is 3.39. The number of rotatable bonds is 4. The summed E-state index contributed by atoms with van der Waals surface area (Å²) in [5, 5.41) is 8.16. The van der Waals surface area contributed by atoms with Crippen molar-refractivity contribution in [1.29, 1.82) is 0 Å². The fraction of sp³-hybridized carbons (Fsp3) is 0.222. The lowest BCUT2D eigenvalue weighted by atomic mass is 10.3. The number of carboxylic acids is 1. The van der Waals surface area contributed by atoms with Crippen LogP contribution in [-0.2, 0) is 14.6 Å². The van der Waals surface area contributed by atoms with Crippen molar-refractivity contribution in [2.75, 3.05) is 5.75 Å². The van der Waals surface area contributed by atoms with Crippen LogP contribution in [0.25, 0.3) is 0 Å². The molecule has 0 heterocycles. The summed E-state index contributed by atoms with van der Waals surface area (Å²) in [6, 6.07) is 1.27. The predicted octanol–water partition coefficient (Wildman–Crippen LogP) is 0.665. The van der Waals surface area contributed by atoms with E-state index in [4.69, 9.17) is 22.4 Å². The van der Waals surface area contributed by atoms with Crippen molar-refractivity contribution >= 4 is 27.4 Å². The van der Waals surface area contributed by atoms with Crippen LogP contribution >= 0.6 is 11.6 Å². The monoisotopic (exact) mass is 281 g/mol. The highest BCUT2D eigenvalue weighted by atomic mass is 35.5. The van der Waals surface area contributed by atoms with E-state index in [2.05, 4.69) is 0 Å². The van der Waals surface area contributed by atoms with Gasteiger partial charge in [-0.15, -0.1) is 0 Å². The third-order valence-electron chi connectivity index (χ3n) is 1.97. The average Bonchev–Trinajstić information content (AvgIpc) is 2.21. The van der Waals surface area contributed by atoms with Gasteiger partial charge in [-0.1, -0.05) is 11.6 Å². The fourth-order valence-corrected chi connectivity index (χ4v) is 2.70. The molecule has 1 unspecified atom stereocenters. The highest BCUT2D eigenvalue weighted by Crippen LogP contribution is 2.20. The second kappa shape index (κ2) is 4.99. The first kappa shape index (κ1) is 13.9. The van der Waals surface area contributed by atoms with Crippen LogP contribution in [0.5, 0.6) is 0 Å². The molecule has 5 nitrogen and oxygen atoms in total. The van der Waals surface area contributed by atoms with E-state index in [1.807, 2.05) is 0 Å². The maximum Gasteiger partial charge on any atom is 0.321 e. The molecule has 1 atom stereocenters. The molecule has 0 radical (unpaired) electrons. The zero-order chi connectivity index (χ0) is 13.2. The number of aliphatic carboxylic acids is 1. The maximum absolute atomic E-state index is 12.8. The van der Waals surface area contributed by atoms with Crippen molar-refractivity contribution < 1.29 is 22.7 Å². The number of sulfone groups is 1. The quantitative estimate of drug-likeness (QED) is 0.790. The summed E-state index contributed by atoms with van der Waals surface area (Å²) in [5.74, 6) is -2.96. The van der Waals surface area contributed by atoms with Gasteiger partial charge in [-0.05, 0) is 18.2 Å². The van der Waals surface area contributed by atoms with E-state index in [0.29, 0.717) is 0 Å². The van der Waals surface area contributed by atoms with Gasteiger partial charge in [-0.25, -0.2) is 12.8 Å². The van der Waals surface area contributed by atoms with Crippen LogP contribution in [-0.4, -0.2) is 31.3 Å². The van der Waals surface area contributed by atoms with Crippen molar-refractivity contribution in [1.82, 2.24) is 0 Å². The minimum atomic E-state index is -3.90. The molecule has 0 bridgehead atoms. The molecule has 17 heavy (non-hydrogen) atoms. The number of benzene rings is 1. The molecule has 1 rings (SSSR count). The molecule has 0 saturated carbocycles. The van der Waals surface area contributed by atoms with Crippen LogP contribution in [0.1, 0.15) is 0 Å². The van der Waals surface area contributed by atoms with Gasteiger partial charge in [0.15, 0.2) is 9.84 Å². The van der Waals surface area contributed by atoms with E-state index in [1.165, 1.54) is 0 Å². The molecule has 0 aromatic heterocycles. The SMILES string of the molecule is NC(CS(=O)(=O)c1ccc(F)c(Cl)c1)C(=O)O. The van der Waals surface area contributed by atoms with Crippen LogP contribution in [0.2, 0.25) is 5.02 Å². The molecule has 0 fully saturated rings. The lowest BCUT2D eigenvalue weighted by Crippen LogP contribution is -2.37. The van der Waals surface area contributed by atoms with Crippen LogP contribution < -0.4 is 5.73 Å². The van der Waals surface area contributed by atoms with Gasteiger partial charge in [-0.3, -0.25) is 4.79 Å². The Kier molecular flexibility index (Phi) is 4.07. The molecular formula is C9H9ClFNO4S. The second-order valence-electron chi connectivity index (χ2n) is 3.30. The molecule has 0 aliphatic heterocycles. The molecule has 0 aliphatic rings. The first-order valence-electron chi connectivity index (χ1n) is 4.40. The minimum Gasteiger partial charge on any atom is -0.480 e. The lowest BCUT2D eigenvalue weighted by molar-refractivity contribution is -0.137. The Labute approximate surface area is 102 Å². The summed E-state index contributed by atoms with van der Waals surface area (Å²) in [6.45, 7) is 0. The van der Waals surface area contributed by atoms with Gasteiger partial charge in [0.2, 0.25) is 0 Å². The summed E-state index contributed by atoms with van der Waals surface area (Å²) in [6.07, 6.45) is 0. The highest BCUT2D eigenvalue weighted by Gasteiger charge is 2.23. The van der Waals surface area contributed by atoms with E-state index in [1.54, 1.807) is 0 Å². The highest BCUT2D eigenvalue weighted by molar-refractivity contribution is 7.91. The molecule has 0 aliphatic carbocycles. The Morgan fingerprint density at radius 1 is 1.53 bits per heavy atom. The first-order valence-corrected chi connectivity index (χ1v) is 6.43. The Bertz CT molecular complexity index is 546. The van der Waals surface area contributed by atoms with Crippen molar-refractivity contribution in [2.45, 2.75) is 10.9 Å². The van der Waals surface area contributed by atoms with Crippen molar-refractivity contribution in [3.8, 4) is 0 Å². The van der Waals surface area contributed by atoms with Gasteiger partial charge in [0.05, 0.1) is 15.7 Å². The van der Waals surface area contributed by atoms with E-state index in [-0.39, 0.29) is 9.92 Å². The van der Waals surface area contributed by atoms with E-state index in [9.17, 15) is 17.6 Å². The van der Waals surface area contributed by atoms with Crippen molar-refractivity contribution in [3.05, 3.63) is 29.0 Å². The zero-order valence-corrected chi connectivity index (χ0v) is 10.0. The fourth-order valence-electron chi connectivity index (χ4n) is 1.07. The van der Waals surface area contributed by atoms with Gasteiger partial charge >= 0.3 is 5.97 Å². The number of hydrogen-bond acceptors (Lipinski definition) is 4. The zero-order valence-electron chi connectivity index (χ0n) is 8.43. The average molecular weight is 282 g/mol. The summed E-state index contributed by atoms with van der Waals surface area (Å²) in [5.41, 5.74) is 5.12. The molecule has 0 spiro atoms. The Balaban J connectivity index is 3.05. The summed E-state index contributed by atoms with van der Waals surface area (Å²) in [4.78, 5) is 10.2. The largest absolute Gasteiger partial charge is 0.480 e. The molecule has 94 valence electrons. The van der Waals surface area contributed by atoms with Crippen LogP contribution in [0.4, 0.5) is 4.39 Å². The topological polar surface area (TPSA) is 97.5 Å². The number of halogens is 2. The van der Waals surface area contributed by atoms with Crippen LogP contribution in [0.3, 0.4) is 0 Å². The van der Waals surface area contributed by atoms with E-state index < -0.39 is 33.4 Å². The molecule has 1 aromatic carbocycles.